The van der Waals surface area contributed by atoms with E-state index in [1.54, 1.807) is 4.90 Å². The minimum atomic E-state index is -1.27. The molecule has 0 aliphatic heterocycles. The molecule has 0 spiro atoms. The number of phenols is 3. The maximum absolute atomic E-state index is 11.4. The van der Waals surface area contributed by atoms with Gasteiger partial charge in [-0.05, 0) is 26.2 Å². The first-order valence-electron chi connectivity index (χ1n) is 8.63. The average molecular weight is 400 g/mol. The number of aliphatic hydroxyl groups excluding tert-OH is 1. The average Bonchev–Trinajstić information content (AvgIpc) is 2.63. The summed E-state index contributed by atoms with van der Waals surface area (Å²) in [5.74, 6) is -2.30. The molecule has 0 aliphatic rings. The van der Waals surface area contributed by atoms with Crippen molar-refractivity contribution in [3.63, 3.8) is 0 Å². The van der Waals surface area contributed by atoms with Gasteiger partial charge in [-0.25, -0.2) is 14.8 Å². The lowest BCUT2D eigenvalue weighted by Crippen LogP contribution is -2.27. The van der Waals surface area contributed by atoms with E-state index in [0.29, 0.717) is 6.54 Å². The van der Waals surface area contributed by atoms with E-state index in [2.05, 4.69) is 15.0 Å². The van der Waals surface area contributed by atoms with Crippen molar-refractivity contribution < 1.29 is 30.3 Å². The maximum atomic E-state index is 11.4. The number of phenolic OH excluding ortho intramolecular Hbond substituents is 3. The summed E-state index contributed by atoms with van der Waals surface area (Å²) in [6.45, 7) is 0.464. The summed E-state index contributed by atoms with van der Waals surface area (Å²) in [4.78, 5) is 25.8. The number of aliphatic imine (C=N–C) groups is 1. The molecule has 3 rings (SSSR count). The van der Waals surface area contributed by atoms with Gasteiger partial charge < -0.3 is 30.4 Å². The Balaban J connectivity index is 2.17. The molecule has 0 radical (unpaired) electrons. The molecule has 0 fully saturated rings. The number of aromatic carboxylic acids is 1. The van der Waals surface area contributed by atoms with E-state index in [4.69, 9.17) is 0 Å². The molecule has 10 heteroatoms. The van der Waals surface area contributed by atoms with Crippen LogP contribution in [0.1, 0.15) is 15.9 Å². The Morgan fingerprint density at radius 1 is 1.07 bits per heavy atom. The van der Waals surface area contributed by atoms with E-state index >= 15 is 0 Å². The van der Waals surface area contributed by atoms with E-state index in [0.717, 1.165) is 6.07 Å². The van der Waals surface area contributed by atoms with E-state index in [-0.39, 0.29) is 51.2 Å². The lowest BCUT2D eigenvalue weighted by molar-refractivity contribution is 0.0698. The van der Waals surface area contributed by atoms with Crippen molar-refractivity contribution in [1.82, 2.24) is 14.9 Å². The minimum absolute atomic E-state index is 0.0266. The topological polar surface area (TPSA) is 160 Å². The number of aromatic hydroxyl groups is 3. The summed E-state index contributed by atoms with van der Waals surface area (Å²) < 4.78 is 0. The number of carboxylic acid groups (broad SMARTS) is 1. The zero-order valence-corrected chi connectivity index (χ0v) is 15.7. The van der Waals surface area contributed by atoms with Crippen molar-refractivity contribution in [3.8, 4) is 17.2 Å². The fourth-order valence-corrected chi connectivity index (χ4v) is 2.93. The zero-order chi connectivity index (χ0) is 21.3. The number of fused-ring (bicyclic) bond motifs is 2. The molecule has 1 aromatic heterocycles. The molecule has 3 aromatic rings. The molecule has 0 bridgehead atoms. The number of rotatable bonds is 6. The molecule has 2 aromatic carbocycles. The molecule has 0 saturated carbocycles. The Hall–Kier alpha value is -3.50. The third-order valence-corrected chi connectivity index (χ3v) is 4.19. The quantitative estimate of drug-likeness (QED) is 0.300. The molecule has 1 atom stereocenters. The summed E-state index contributed by atoms with van der Waals surface area (Å²) >= 11 is 0. The minimum Gasteiger partial charge on any atom is -0.507 e. The number of nitrogens with zero attached hydrogens (tertiary/aromatic N) is 4. The highest BCUT2D eigenvalue weighted by Crippen LogP contribution is 2.35. The van der Waals surface area contributed by atoms with Gasteiger partial charge in [0.05, 0.1) is 23.8 Å². The first-order valence-corrected chi connectivity index (χ1v) is 8.63. The number of hydrogen-bond donors (Lipinski definition) is 5. The van der Waals surface area contributed by atoms with Gasteiger partial charge in [-0.2, -0.15) is 0 Å². The monoisotopic (exact) mass is 400 g/mol. The van der Waals surface area contributed by atoms with E-state index < -0.39 is 17.8 Å². The van der Waals surface area contributed by atoms with Crippen molar-refractivity contribution in [1.29, 1.82) is 0 Å². The van der Waals surface area contributed by atoms with Gasteiger partial charge in [-0.1, -0.05) is 0 Å². The highest BCUT2D eigenvalue weighted by Gasteiger charge is 2.19. The predicted molar refractivity (Wildman–Crippen MR) is 106 cm³/mol. The van der Waals surface area contributed by atoms with E-state index in [1.807, 2.05) is 14.1 Å². The van der Waals surface area contributed by atoms with Crippen LogP contribution in [0.15, 0.2) is 23.2 Å². The Bertz CT molecular complexity index is 1130. The third kappa shape index (κ3) is 4.03. The van der Waals surface area contributed by atoms with Gasteiger partial charge in [0, 0.05) is 18.8 Å². The van der Waals surface area contributed by atoms with Crippen molar-refractivity contribution in [2.24, 2.45) is 4.99 Å². The highest BCUT2D eigenvalue weighted by atomic mass is 16.4. The van der Waals surface area contributed by atoms with Crippen LogP contribution >= 0.6 is 0 Å². The van der Waals surface area contributed by atoms with Crippen molar-refractivity contribution in [2.75, 3.05) is 27.2 Å². The number of carbonyl (C=O) groups is 1. The van der Waals surface area contributed by atoms with Crippen LogP contribution in [0.4, 0.5) is 0 Å². The van der Waals surface area contributed by atoms with Crippen LogP contribution in [0.5, 0.6) is 17.2 Å². The van der Waals surface area contributed by atoms with Gasteiger partial charge in [0.25, 0.3) is 0 Å². The van der Waals surface area contributed by atoms with Crippen LogP contribution in [0, 0.1) is 0 Å². The summed E-state index contributed by atoms with van der Waals surface area (Å²) in [6, 6.07) is 3.41. The Kier molecular flexibility index (Phi) is 5.48. The van der Waals surface area contributed by atoms with Crippen molar-refractivity contribution in [2.45, 2.75) is 6.10 Å². The third-order valence-electron chi connectivity index (χ3n) is 4.19. The van der Waals surface area contributed by atoms with Gasteiger partial charge in [-0.15, -0.1) is 0 Å². The molecule has 1 unspecified atom stereocenters. The molecule has 0 saturated heterocycles. The molecule has 152 valence electrons. The molecule has 10 nitrogen and oxygen atoms in total. The summed E-state index contributed by atoms with van der Waals surface area (Å²) in [7, 11) is 3.62. The first kappa shape index (κ1) is 20.2. The van der Waals surface area contributed by atoms with Crippen molar-refractivity contribution in [3.05, 3.63) is 29.3 Å². The lowest BCUT2D eigenvalue weighted by Gasteiger charge is -2.13. The molecular weight excluding hydrogens is 380 g/mol. The first-order chi connectivity index (χ1) is 13.7. The fourth-order valence-electron chi connectivity index (χ4n) is 2.93. The highest BCUT2D eigenvalue weighted by molar-refractivity contribution is 6.08. The second-order valence-corrected chi connectivity index (χ2v) is 6.79. The fraction of sp³-hybridized carbons (Fsp3) is 0.263. The van der Waals surface area contributed by atoms with Gasteiger partial charge in [0.2, 0.25) is 0 Å². The zero-order valence-electron chi connectivity index (χ0n) is 15.7. The van der Waals surface area contributed by atoms with Gasteiger partial charge in [0.15, 0.2) is 0 Å². The smallest absolute Gasteiger partial charge is 0.337 e. The standard InChI is InChI=1S/C19H20N4O6/c1-23(2)8-9(24)6-20-7-11-13(26)5-14(27)18-16(11)22-17-12(25)4-3-10(19(28)29)15(17)21-18/h3-5,7,9,24-27H,6,8H2,1-2H3,(H,28,29)/b20-7+. The van der Waals surface area contributed by atoms with Crippen LogP contribution in [-0.4, -0.2) is 85.9 Å². The number of benzene rings is 2. The molecular formula is C19H20N4O6. The Morgan fingerprint density at radius 2 is 1.72 bits per heavy atom. The second-order valence-electron chi connectivity index (χ2n) is 6.79. The Labute approximate surface area is 165 Å². The van der Waals surface area contributed by atoms with Crippen LogP contribution in [0.25, 0.3) is 22.1 Å². The van der Waals surface area contributed by atoms with Gasteiger partial charge in [-0.3, -0.25) is 4.99 Å². The number of carboxylic acids is 1. The molecule has 29 heavy (non-hydrogen) atoms. The summed E-state index contributed by atoms with van der Waals surface area (Å²) in [5.41, 5.74) is -0.302. The van der Waals surface area contributed by atoms with E-state index in [1.165, 1.54) is 18.3 Å². The van der Waals surface area contributed by atoms with Crippen LogP contribution in [0.2, 0.25) is 0 Å². The lowest BCUT2D eigenvalue weighted by atomic mass is 10.1. The second kappa shape index (κ2) is 7.86. The van der Waals surface area contributed by atoms with Crippen LogP contribution < -0.4 is 0 Å². The molecule has 0 aliphatic carbocycles. The number of aliphatic hydroxyl groups is 1. The largest absolute Gasteiger partial charge is 0.507 e. The maximum Gasteiger partial charge on any atom is 0.337 e. The Morgan fingerprint density at radius 3 is 2.38 bits per heavy atom. The number of hydrogen-bond acceptors (Lipinski definition) is 9. The SMILES string of the molecule is CN(C)CC(O)C/N=C/c1c(O)cc(O)c2nc3c(C(=O)O)ccc(O)c3nc12. The van der Waals surface area contributed by atoms with Crippen LogP contribution in [0.3, 0.4) is 0 Å². The molecule has 1 heterocycles. The predicted octanol–water partition coefficient (Wildman–Crippen LogP) is 0.939. The van der Waals surface area contributed by atoms with Gasteiger partial charge in [0.1, 0.15) is 39.3 Å². The molecule has 0 amide bonds. The van der Waals surface area contributed by atoms with Crippen LogP contribution in [-0.2, 0) is 0 Å². The number of aromatic nitrogens is 2. The molecule has 5 N–H and O–H groups in total. The number of likely N-dealkylation sites (N-methyl/N-ethyl adjacent to an activating group) is 1. The normalized spacial score (nSPS) is 13.0. The van der Waals surface area contributed by atoms with E-state index in [9.17, 15) is 30.3 Å². The summed E-state index contributed by atoms with van der Waals surface area (Å²) in [5, 5.41) is 49.8. The van der Waals surface area contributed by atoms with Crippen molar-refractivity contribution >= 4 is 34.3 Å². The summed E-state index contributed by atoms with van der Waals surface area (Å²) in [6.07, 6.45) is 0.565. The van der Waals surface area contributed by atoms with Gasteiger partial charge >= 0.3 is 5.97 Å².